The van der Waals surface area contributed by atoms with E-state index in [1.807, 2.05) is 0 Å². The summed E-state index contributed by atoms with van der Waals surface area (Å²) in [5.41, 5.74) is -0.737. The predicted octanol–water partition coefficient (Wildman–Crippen LogP) is 0.288. The molecule has 0 radical (unpaired) electrons. The second-order valence-corrected chi connectivity index (χ2v) is 9.58. The number of urea groups is 1. The van der Waals surface area contributed by atoms with E-state index < -0.39 is 91.0 Å². The van der Waals surface area contributed by atoms with Crippen molar-refractivity contribution in [2.75, 3.05) is 19.8 Å². The van der Waals surface area contributed by atoms with Crippen LogP contribution in [-0.2, 0) is 20.8 Å². The number of hydrogen-bond acceptors (Lipinski definition) is 8. The van der Waals surface area contributed by atoms with Crippen molar-refractivity contribution >= 4 is 36.8 Å². The summed E-state index contributed by atoms with van der Waals surface area (Å²) in [6.45, 7) is -0.200. The predicted molar refractivity (Wildman–Crippen MR) is 136 cm³/mol. The van der Waals surface area contributed by atoms with Gasteiger partial charge in [0.15, 0.2) is 11.6 Å². The van der Waals surface area contributed by atoms with Gasteiger partial charge in [0.25, 0.3) is 0 Å². The van der Waals surface area contributed by atoms with Crippen molar-refractivity contribution < 1.29 is 57.0 Å². The fourth-order valence-corrected chi connectivity index (χ4v) is 4.75. The van der Waals surface area contributed by atoms with E-state index in [1.165, 1.54) is 25.1 Å². The number of carboxylic acids is 1. The van der Waals surface area contributed by atoms with Crippen LogP contribution in [0.1, 0.15) is 34.5 Å². The SMILES string of the molecule is C[C@H]1CN(CCF)C(=O)C(=O)N1C(=O)NC(C(=O)N[C@H]1Cc2cccc(C(=O)O)c2OB1O)c1ccc(O)c(F)c1F. The molecule has 1 fully saturated rings. The van der Waals surface area contributed by atoms with Gasteiger partial charge in [0, 0.05) is 18.7 Å². The molecular weight excluding hydrogens is 568 g/mol. The van der Waals surface area contributed by atoms with Gasteiger partial charge in [0.05, 0.1) is 17.5 Å². The van der Waals surface area contributed by atoms with Crippen LogP contribution in [0.4, 0.5) is 18.0 Å². The lowest BCUT2D eigenvalue weighted by molar-refractivity contribution is -0.156. The Morgan fingerprint density at radius 2 is 1.86 bits per heavy atom. The lowest BCUT2D eigenvalue weighted by Crippen LogP contribution is -2.63. The molecule has 1 saturated heterocycles. The van der Waals surface area contributed by atoms with E-state index in [2.05, 4.69) is 10.6 Å². The van der Waals surface area contributed by atoms with Gasteiger partial charge < -0.3 is 35.4 Å². The number of halogens is 3. The molecule has 17 heteroatoms. The molecule has 2 aliphatic heterocycles. The van der Waals surface area contributed by atoms with Crippen molar-refractivity contribution in [3.05, 3.63) is 58.7 Å². The summed E-state index contributed by atoms with van der Waals surface area (Å²) in [7, 11) is -1.80. The molecule has 2 aromatic rings. The number of aromatic hydroxyl groups is 1. The van der Waals surface area contributed by atoms with Crippen LogP contribution in [0.5, 0.6) is 11.5 Å². The number of hydrogen-bond donors (Lipinski definition) is 5. The van der Waals surface area contributed by atoms with Crippen molar-refractivity contribution in [1.29, 1.82) is 0 Å². The van der Waals surface area contributed by atoms with Gasteiger partial charge in [-0.3, -0.25) is 19.3 Å². The number of nitrogens with zero attached hydrogens (tertiary/aromatic N) is 2. The second kappa shape index (κ2) is 12.0. The number of piperazine rings is 1. The Kier molecular flexibility index (Phi) is 8.60. The van der Waals surface area contributed by atoms with Crippen LogP contribution in [0.3, 0.4) is 0 Å². The Morgan fingerprint density at radius 1 is 1.14 bits per heavy atom. The Morgan fingerprint density at radius 3 is 2.52 bits per heavy atom. The van der Waals surface area contributed by atoms with Gasteiger partial charge in [-0.2, -0.15) is 4.39 Å². The van der Waals surface area contributed by atoms with Crippen LogP contribution < -0.4 is 15.3 Å². The molecule has 0 bridgehead atoms. The quantitative estimate of drug-likeness (QED) is 0.223. The molecule has 3 atom stereocenters. The number of amides is 5. The summed E-state index contributed by atoms with van der Waals surface area (Å²) in [6.07, 6.45) is -0.170. The third kappa shape index (κ3) is 5.67. The molecule has 1 unspecified atom stereocenters. The number of phenolic OH excluding ortho intramolecular Hbond substituents is 1. The van der Waals surface area contributed by atoms with Gasteiger partial charge in [0.1, 0.15) is 18.5 Å². The molecule has 2 heterocycles. The fraction of sp³-hybridized carbons (Fsp3) is 0.320. The highest BCUT2D eigenvalue weighted by Crippen LogP contribution is 2.31. The first kappa shape index (κ1) is 30.2. The van der Waals surface area contributed by atoms with Crippen LogP contribution >= 0.6 is 0 Å². The maximum atomic E-state index is 14.9. The maximum absolute atomic E-state index is 14.9. The van der Waals surface area contributed by atoms with E-state index in [9.17, 15) is 52.4 Å². The number of phenols is 1. The van der Waals surface area contributed by atoms with E-state index in [0.717, 1.165) is 17.0 Å². The van der Waals surface area contributed by atoms with E-state index in [-0.39, 0.29) is 29.8 Å². The van der Waals surface area contributed by atoms with Crippen molar-refractivity contribution in [1.82, 2.24) is 20.4 Å². The highest BCUT2D eigenvalue weighted by atomic mass is 19.2. The summed E-state index contributed by atoms with van der Waals surface area (Å²) in [4.78, 5) is 64.5. The molecule has 5 amide bonds. The molecule has 0 aromatic heterocycles. The van der Waals surface area contributed by atoms with Crippen LogP contribution in [0, 0.1) is 11.6 Å². The molecule has 0 spiro atoms. The largest absolute Gasteiger partial charge is 0.547 e. The Bertz CT molecular complexity index is 1460. The highest BCUT2D eigenvalue weighted by molar-refractivity contribution is 6.47. The third-order valence-corrected chi connectivity index (χ3v) is 6.80. The van der Waals surface area contributed by atoms with Crippen LogP contribution in [-0.4, -0.2) is 93.6 Å². The number of carboxylic acid groups (broad SMARTS) is 1. The molecule has 0 aliphatic carbocycles. The van der Waals surface area contributed by atoms with Gasteiger partial charge in [-0.1, -0.05) is 12.1 Å². The number of carbonyl (C=O) groups excluding carboxylic acids is 4. The van der Waals surface area contributed by atoms with Gasteiger partial charge in [-0.25, -0.2) is 18.4 Å². The Hall–Kier alpha value is -4.80. The van der Waals surface area contributed by atoms with E-state index in [0.29, 0.717) is 4.90 Å². The molecule has 42 heavy (non-hydrogen) atoms. The fourth-order valence-electron chi connectivity index (χ4n) is 4.75. The van der Waals surface area contributed by atoms with Crippen LogP contribution in [0.2, 0.25) is 0 Å². The van der Waals surface area contributed by atoms with Crippen molar-refractivity contribution in [3.8, 4) is 11.5 Å². The summed E-state index contributed by atoms with van der Waals surface area (Å²) in [6, 6.07) is 1.23. The number of rotatable bonds is 7. The zero-order valence-electron chi connectivity index (χ0n) is 21.8. The first-order chi connectivity index (χ1) is 19.8. The van der Waals surface area contributed by atoms with Gasteiger partial charge in [-0.15, -0.1) is 0 Å². The molecule has 222 valence electrons. The number of benzene rings is 2. The number of aromatic carboxylic acids is 1. The minimum absolute atomic E-state index is 0.136. The molecular formula is C25H24BF3N4O9. The zero-order chi connectivity index (χ0) is 30.9. The molecule has 2 aromatic carbocycles. The highest BCUT2D eigenvalue weighted by Gasteiger charge is 2.43. The van der Waals surface area contributed by atoms with Crippen molar-refractivity contribution in [2.45, 2.75) is 31.4 Å². The Labute approximate surface area is 236 Å². The monoisotopic (exact) mass is 592 g/mol. The molecule has 13 nitrogen and oxygen atoms in total. The van der Waals surface area contributed by atoms with E-state index in [4.69, 9.17) is 4.65 Å². The number of alkyl halides is 1. The molecule has 4 rings (SSSR count). The minimum atomic E-state index is -2.08. The third-order valence-electron chi connectivity index (χ3n) is 6.80. The Balaban J connectivity index is 1.62. The smallest absolute Gasteiger partial charge is 0.534 e. The number of fused-ring (bicyclic) bond motifs is 1. The molecule has 5 N–H and O–H groups in total. The number of para-hydroxylation sites is 1. The van der Waals surface area contributed by atoms with E-state index >= 15 is 0 Å². The molecule has 2 aliphatic rings. The van der Waals surface area contributed by atoms with Crippen LogP contribution in [0.25, 0.3) is 0 Å². The standard InChI is InChI=1S/C25H24BF3N4O9/c1-11-10-32(8-7-27)22(36)23(37)33(11)25(40)31-19(13-5-6-15(34)18(29)17(13)28)21(35)30-16-9-12-3-2-4-14(24(38)39)20(12)42-26(16)41/h2-6,11,16,19,34,41H,7-10H2,1H3,(H,30,35)(H,31,40)(H,38,39)/t11-,16-,19?/m0/s1. The van der Waals surface area contributed by atoms with Crippen molar-refractivity contribution in [3.63, 3.8) is 0 Å². The topological polar surface area (TPSA) is 186 Å². The summed E-state index contributed by atoms with van der Waals surface area (Å²) >= 11 is 0. The number of carbonyl (C=O) groups is 5. The second-order valence-electron chi connectivity index (χ2n) is 9.58. The average molecular weight is 592 g/mol. The van der Waals surface area contributed by atoms with Gasteiger partial charge in [0.2, 0.25) is 11.7 Å². The van der Waals surface area contributed by atoms with Crippen molar-refractivity contribution in [2.24, 2.45) is 0 Å². The normalized spacial score (nSPS) is 19.1. The summed E-state index contributed by atoms with van der Waals surface area (Å²) in [5.74, 6) is -11.0. The van der Waals surface area contributed by atoms with E-state index in [1.54, 1.807) is 0 Å². The average Bonchev–Trinajstić information content (AvgIpc) is 2.93. The first-order valence-electron chi connectivity index (χ1n) is 12.5. The number of imide groups is 1. The van der Waals surface area contributed by atoms with Gasteiger partial charge in [-0.05, 0) is 37.1 Å². The molecule has 0 saturated carbocycles. The zero-order valence-corrected chi connectivity index (χ0v) is 21.8. The number of nitrogens with one attached hydrogen (secondary N) is 2. The van der Waals surface area contributed by atoms with Crippen LogP contribution in [0.15, 0.2) is 30.3 Å². The lowest BCUT2D eigenvalue weighted by atomic mass is 9.72. The summed E-state index contributed by atoms with van der Waals surface area (Å²) in [5, 5.41) is 33.8. The summed E-state index contributed by atoms with van der Waals surface area (Å²) < 4.78 is 47.3. The lowest BCUT2D eigenvalue weighted by Gasteiger charge is -2.37. The first-order valence-corrected chi connectivity index (χ1v) is 12.5. The maximum Gasteiger partial charge on any atom is 0.547 e. The van der Waals surface area contributed by atoms with Gasteiger partial charge >= 0.3 is 30.9 Å². The minimum Gasteiger partial charge on any atom is -0.534 e.